The van der Waals surface area contributed by atoms with Gasteiger partial charge in [0.15, 0.2) is 0 Å². The summed E-state index contributed by atoms with van der Waals surface area (Å²) in [5.74, 6) is 0.459. The first kappa shape index (κ1) is 12.0. The van der Waals surface area contributed by atoms with Gasteiger partial charge in [0.25, 0.3) is 5.69 Å². The van der Waals surface area contributed by atoms with Crippen LogP contribution in [0.3, 0.4) is 0 Å². The maximum Gasteiger partial charge on any atom is 0.280 e. The molecule has 0 atom stereocenters. The van der Waals surface area contributed by atoms with Gasteiger partial charge in [0.2, 0.25) is 0 Å². The van der Waals surface area contributed by atoms with Gasteiger partial charge in [0.1, 0.15) is 5.75 Å². The Morgan fingerprint density at radius 1 is 1.50 bits per heavy atom. The Bertz CT molecular complexity index is 401. The van der Waals surface area contributed by atoms with Crippen LogP contribution < -0.4 is 4.74 Å². The summed E-state index contributed by atoms with van der Waals surface area (Å²) in [6.07, 6.45) is 3.00. The third-order valence-corrected chi connectivity index (χ3v) is 1.94. The van der Waals surface area contributed by atoms with E-state index in [2.05, 4.69) is 0 Å². The minimum atomic E-state index is -0.450. The molecule has 0 saturated carbocycles. The van der Waals surface area contributed by atoms with Crippen LogP contribution in [0.15, 0.2) is 24.5 Å². The smallest absolute Gasteiger partial charge is 0.280 e. The van der Waals surface area contributed by atoms with Crippen LogP contribution in [-0.2, 0) is 4.74 Å². The number of methoxy groups -OCH3 is 1. The first-order chi connectivity index (χ1) is 7.69. The van der Waals surface area contributed by atoms with Crippen molar-refractivity contribution in [2.24, 2.45) is 0 Å². The fourth-order valence-electron chi connectivity index (χ4n) is 1.17. The predicted molar refractivity (Wildman–Crippen MR) is 60.3 cm³/mol. The molecule has 0 radical (unpaired) electrons. The molecule has 0 N–H and O–H groups in total. The molecule has 1 aromatic carbocycles. The lowest BCUT2D eigenvalue weighted by Gasteiger charge is -2.01. The largest absolute Gasteiger partial charge is 0.501 e. The third kappa shape index (κ3) is 2.98. The SMILES string of the molecule is CCO/C=C/c1ccc(OC)cc1[N+](=O)[O-]. The highest BCUT2D eigenvalue weighted by atomic mass is 16.6. The number of nitrogens with zero attached hydrogens (tertiary/aromatic N) is 1. The summed E-state index contributed by atoms with van der Waals surface area (Å²) >= 11 is 0. The van der Waals surface area contributed by atoms with Crippen LogP contribution >= 0.6 is 0 Å². The molecule has 86 valence electrons. The van der Waals surface area contributed by atoms with Gasteiger partial charge in [0.05, 0.1) is 36.5 Å². The van der Waals surface area contributed by atoms with Crippen molar-refractivity contribution in [1.29, 1.82) is 0 Å². The molecular weight excluding hydrogens is 210 g/mol. The minimum Gasteiger partial charge on any atom is -0.501 e. The van der Waals surface area contributed by atoms with Gasteiger partial charge in [-0.2, -0.15) is 0 Å². The molecule has 0 saturated heterocycles. The zero-order valence-corrected chi connectivity index (χ0v) is 9.17. The summed E-state index contributed by atoms with van der Waals surface area (Å²) in [6.45, 7) is 2.37. The van der Waals surface area contributed by atoms with E-state index in [0.717, 1.165) is 0 Å². The Kier molecular flexibility index (Phi) is 4.32. The van der Waals surface area contributed by atoms with Gasteiger partial charge in [-0.25, -0.2) is 0 Å². The molecule has 16 heavy (non-hydrogen) atoms. The van der Waals surface area contributed by atoms with Gasteiger partial charge >= 0.3 is 0 Å². The molecule has 5 nitrogen and oxygen atoms in total. The predicted octanol–water partition coefficient (Wildman–Crippen LogP) is 2.61. The molecule has 5 heteroatoms. The van der Waals surface area contributed by atoms with Crippen LogP contribution in [0, 0.1) is 10.1 Å². The van der Waals surface area contributed by atoms with E-state index < -0.39 is 4.92 Å². The zero-order chi connectivity index (χ0) is 12.0. The average molecular weight is 223 g/mol. The Labute approximate surface area is 93.4 Å². The quantitative estimate of drug-likeness (QED) is 0.437. The van der Waals surface area contributed by atoms with Crippen LogP contribution in [0.1, 0.15) is 12.5 Å². The molecule has 1 rings (SSSR count). The summed E-state index contributed by atoms with van der Waals surface area (Å²) < 4.78 is 9.92. The van der Waals surface area contributed by atoms with Crippen molar-refractivity contribution in [1.82, 2.24) is 0 Å². The normalized spacial score (nSPS) is 10.4. The van der Waals surface area contributed by atoms with E-state index in [1.54, 1.807) is 18.2 Å². The van der Waals surface area contributed by atoms with Gasteiger partial charge in [-0.05, 0) is 25.1 Å². The summed E-state index contributed by atoms with van der Waals surface area (Å²) in [6, 6.07) is 4.66. The highest BCUT2D eigenvalue weighted by molar-refractivity contribution is 5.62. The van der Waals surface area contributed by atoms with Gasteiger partial charge in [0, 0.05) is 0 Å². The maximum atomic E-state index is 10.8. The standard InChI is InChI=1S/C11H13NO4/c1-3-16-7-6-9-4-5-10(15-2)8-11(9)12(13)14/h4-8H,3H2,1-2H3/b7-6+. The molecule has 0 bridgehead atoms. The Hall–Kier alpha value is -2.04. The van der Waals surface area contributed by atoms with Crippen molar-refractivity contribution in [2.45, 2.75) is 6.92 Å². The molecule has 0 amide bonds. The fraction of sp³-hybridized carbons (Fsp3) is 0.273. The van der Waals surface area contributed by atoms with Crippen molar-refractivity contribution in [3.63, 3.8) is 0 Å². The third-order valence-electron chi connectivity index (χ3n) is 1.94. The monoisotopic (exact) mass is 223 g/mol. The summed E-state index contributed by atoms with van der Waals surface area (Å²) in [5, 5.41) is 10.8. The van der Waals surface area contributed by atoms with Crippen molar-refractivity contribution in [3.8, 4) is 5.75 Å². The minimum absolute atomic E-state index is 0.00435. The molecular formula is C11H13NO4. The molecule has 0 aliphatic rings. The van der Waals surface area contributed by atoms with Gasteiger partial charge in [-0.1, -0.05) is 0 Å². The van der Waals surface area contributed by atoms with Crippen LogP contribution in [0.4, 0.5) is 5.69 Å². The lowest BCUT2D eigenvalue weighted by Crippen LogP contribution is -1.93. The van der Waals surface area contributed by atoms with E-state index in [0.29, 0.717) is 17.9 Å². The first-order valence-electron chi connectivity index (χ1n) is 4.79. The molecule has 0 spiro atoms. The van der Waals surface area contributed by atoms with E-state index in [4.69, 9.17) is 9.47 Å². The topological polar surface area (TPSA) is 61.6 Å². The molecule has 0 fully saturated rings. The van der Waals surface area contributed by atoms with Crippen LogP contribution in [0.2, 0.25) is 0 Å². The molecule has 0 aliphatic carbocycles. The Morgan fingerprint density at radius 3 is 2.81 bits per heavy atom. The van der Waals surface area contributed by atoms with Crippen molar-refractivity contribution >= 4 is 11.8 Å². The number of rotatable bonds is 5. The van der Waals surface area contributed by atoms with Crippen molar-refractivity contribution < 1.29 is 14.4 Å². The number of hydrogen-bond acceptors (Lipinski definition) is 4. The number of ether oxygens (including phenoxy) is 2. The first-order valence-corrected chi connectivity index (χ1v) is 4.79. The lowest BCUT2D eigenvalue weighted by atomic mass is 10.1. The van der Waals surface area contributed by atoms with Crippen LogP contribution in [0.5, 0.6) is 5.75 Å². The molecule has 0 aliphatic heterocycles. The summed E-state index contributed by atoms with van der Waals surface area (Å²) in [7, 11) is 1.47. The Morgan fingerprint density at radius 2 is 2.25 bits per heavy atom. The van der Waals surface area contributed by atoms with Gasteiger partial charge < -0.3 is 9.47 Å². The van der Waals surface area contributed by atoms with E-state index in [-0.39, 0.29) is 5.69 Å². The second kappa shape index (κ2) is 5.75. The molecule has 0 unspecified atom stereocenters. The average Bonchev–Trinajstić information content (AvgIpc) is 2.29. The van der Waals surface area contributed by atoms with Crippen LogP contribution in [-0.4, -0.2) is 18.6 Å². The van der Waals surface area contributed by atoms with E-state index in [1.165, 1.54) is 19.4 Å². The van der Waals surface area contributed by atoms with E-state index >= 15 is 0 Å². The number of nitro groups is 1. The van der Waals surface area contributed by atoms with E-state index in [1.807, 2.05) is 6.92 Å². The van der Waals surface area contributed by atoms with Gasteiger partial charge in [-0.3, -0.25) is 10.1 Å². The maximum absolute atomic E-state index is 10.8. The second-order valence-electron chi connectivity index (χ2n) is 2.94. The summed E-state index contributed by atoms with van der Waals surface area (Å²) in [5.41, 5.74) is 0.481. The van der Waals surface area contributed by atoms with Crippen molar-refractivity contribution in [3.05, 3.63) is 40.1 Å². The highest BCUT2D eigenvalue weighted by Crippen LogP contribution is 2.25. The van der Waals surface area contributed by atoms with Crippen molar-refractivity contribution in [2.75, 3.05) is 13.7 Å². The molecule has 0 heterocycles. The molecule has 0 aromatic heterocycles. The zero-order valence-electron chi connectivity index (χ0n) is 9.17. The molecule has 1 aromatic rings. The fourth-order valence-corrected chi connectivity index (χ4v) is 1.17. The van der Waals surface area contributed by atoms with Gasteiger partial charge in [-0.15, -0.1) is 0 Å². The highest BCUT2D eigenvalue weighted by Gasteiger charge is 2.12. The second-order valence-corrected chi connectivity index (χ2v) is 2.94. The van der Waals surface area contributed by atoms with E-state index in [9.17, 15) is 10.1 Å². The summed E-state index contributed by atoms with van der Waals surface area (Å²) in [4.78, 5) is 10.3. The number of hydrogen-bond donors (Lipinski definition) is 0. The van der Waals surface area contributed by atoms with Crippen LogP contribution in [0.25, 0.3) is 6.08 Å². The lowest BCUT2D eigenvalue weighted by molar-refractivity contribution is -0.385. The Balaban J connectivity index is 3.03. The number of benzene rings is 1. The number of nitro benzene ring substituents is 1.